The van der Waals surface area contributed by atoms with Crippen LogP contribution in [-0.4, -0.2) is 12.3 Å². The van der Waals surface area contributed by atoms with Gasteiger partial charge in [-0.05, 0) is 31.2 Å². The van der Waals surface area contributed by atoms with Crippen molar-refractivity contribution < 1.29 is 4.39 Å². The van der Waals surface area contributed by atoms with Crippen LogP contribution in [0.2, 0.25) is 5.02 Å². The standard InChI is InChI=1S/C12H15ClFNS/c1-7-5-11(15-2)12-8(6-16-7)10(14)4-3-9(12)13/h3-4,7,11,15H,5-6H2,1-2H3. The highest BCUT2D eigenvalue weighted by Crippen LogP contribution is 2.39. The fourth-order valence-electron chi connectivity index (χ4n) is 2.14. The fraction of sp³-hybridized carbons (Fsp3) is 0.500. The molecule has 0 bridgehead atoms. The monoisotopic (exact) mass is 259 g/mol. The molecule has 2 atom stereocenters. The third kappa shape index (κ3) is 2.22. The zero-order chi connectivity index (χ0) is 11.7. The molecule has 1 N–H and O–H groups in total. The summed E-state index contributed by atoms with van der Waals surface area (Å²) in [7, 11) is 1.90. The van der Waals surface area contributed by atoms with Gasteiger partial charge in [-0.15, -0.1) is 0 Å². The van der Waals surface area contributed by atoms with E-state index >= 15 is 0 Å². The summed E-state index contributed by atoms with van der Waals surface area (Å²) in [6, 6.07) is 3.27. The molecule has 1 aliphatic rings. The minimum atomic E-state index is -0.138. The van der Waals surface area contributed by atoms with Crippen LogP contribution in [0.25, 0.3) is 0 Å². The van der Waals surface area contributed by atoms with Gasteiger partial charge in [0.25, 0.3) is 0 Å². The Morgan fingerprint density at radius 2 is 2.25 bits per heavy atom. The van der Waals surface area contributed by atoms with Crippen molar-refractivity contribution in [3.8, 4) is 0 Å². The number of benzene rings is 1. The van der Waals surface area contributed by atoms with Crippen molar-refractivity contribution in [2.24, 2.45) is 0 Å². The molecule has 0 aliphatic carbocycles. The van der Waals surface area contributed by atoms with Crippen LogP contribution >= 0.6 is 23.4 Å². The number of halogens is 2. The Labute approximate surface area is 105 Å². The zero-order valence-corrected chi connectivity index (χ0v) is 11.0. The van der Waals surface area contributed by atoms with Gasteiger partial charge in [-0.1, -0.05) is 18.5 Å². The van der Waals surface area contributed by atoms with E-state index in [1.807, 2.05) is 7.05 Å². The molecule has 2 rings (SSSR count). The first-order chi connectivity index (χ1) is 7.63. The first kappa shape index (κ1) is 12.2. The van der Waals surface area contributed by atoms with Crippen LogP contribution in [0.4, 0.5) is 4.39 Å². The van der Waals surface area contributed by atoms with Crippen molar-refractivity contribution in [1.82, 2.24) is 5.32 Å². The van der Waals surface area contributed by atoms with Crippen LogP contribution < -0.4 is 5.32 Å². The van der Waals surface area contributed by atoms with Gasteiger partial charge in [-0.25, -0.2) is 4.39 Å². The summed E-state index contributed by atoms with van der Waals surface area (Å²) in [4.78, 5) is 0. The van der Waals surface area contributed by atoms with Gasteiger partial charge in [0.2, 0.25) is 0 Å². The van der Waals surface area contributed by atoms with Crippen LogP contribution in [0.3, 0.4) is 0 Å². The number of nitrogens with one attached hydrogen (secondary N) is 1. The topological polar surface area (TPSA) is 12.0 Å². The molecule has 1 nitrogen and oxygen atoms in total. The number of fused-ring (bicyclic) bond motifs is 1. The van der Waals surface area contributed by atoms with E-state index in [0.29, 0.717) is 16.0 Å². The van der Waals surface area contributed by atoms with Crippen molar-refractivity contribution in [2.45, 2.75) is 30.4 Å². The van der Waals surface area contributed by atoms with E-state index < -0.39 is 0 Å². The second kappa shape index (κ2) is 4.94. The Hall–Kier alpha value is -0.250. The predicted octanol–water partition coefficient (Wildman–Crippen LogP) is 3.77. The molecule has 0 fully saturated rings. The van der Waals surface area contributed by atoms with E-state index in [9.17, 15) is 4.39 Å². The van der Waals surface area contributed by atoms with E-state index in [1.165, 1.54) is 6.07 Å². The average Bonchev–Trinajstić information content (AvgIpc) is 2.44. The van der Waals surface area contributed by atoms with Crippen molar-refractivity contribution in [3.05, 3.63) is 34.1 Å². The molecule has 1 aliphatic heterocycles. The molecule has 1 heterocycles. The van der Waals surface area contributed by atoms with Crippen molar-refractivity contribution >= 4 is 23.4 Å². The van der Waals surface area contributed by atoms with Crippen molar-refractivity contribution in [2.75, 3.05) is 7.05 Å². The van der Waals surface area contributed by atoms with E-state index in [2.05, 4.69) is 12.2 Å². The highest BCUT2D eigenvalue weighted by atomic mass is 35.5. The molecule has 4 heteroatoms. The Morgan fingerprint density at radius 1 is 1.50 bits per heavy atom. The van der Waals surface area contributed by atoms with E-state index in [4.69, 9.17) is 11.6 Å². The van der Waals surface area contributed by atoms with E-state index in [0.717, 1.165) is 17.5 Å². The van der Waals surface area contributed by atoms with Crippen LogP contribution in [0.5, 0.6) is 0 Å². The molecule has 0 amide bonds. The van der Waals surface area contributed by atoms with Crippen LogP contribution in [0.1, 0.15) is 30.5 Å². The largest absolute Gasteiger partial charge is 0.313 e. The fourth-order valence-corrected chi connectivity index (χ4v) is 3.52. The molecule has 0 radical (unpaired) electrons. The summed E-state index contributed by atoms with van der Waals surface area (Å²) >= 11 is 7.98. The Bertz CT molecular complexity index is 397. The molecule has 0 saturated heterocycles. The van der Waals surface area contributed by atoms with E-state index in [-0.39, 0.29) is 11.9 Å². The second-order valence-electron chi connectivity index (χ2n) is 4.12. The normalized spacial score (nSPS) is 25.0. The molecule has 1 aromatic carbocycles. The second-order valence-corrected chi connectivity index (χ2v) is 5.95. The average molecular weight is 260 g/mol. The molecule has 1 aromatic rings. The summed E-state index contributed by atoms with van der Waals surface area (Å²) in [6.07, 6.45) is 0.983. The minimum Gasteiger partial charge on any atom is -0.313 e. The van der Waals surface area contributed by atoms with Gasteiger partial charge in [0.1, 0.15) is 5.82 Å². The lowest BCUT2D eigenvalue weighted by Gasteiger charge is -2.19. The molecule has 0 spiro atoms. The van der Waals surface area contributed by atoms with Crippen molar-refractivity contribution in [3.63, 3.8) is 0 Å². The maximum Gasteiger partial charge on any atom is 0.127 e. The maximum atomic E-state index is 13.8. The molecule has 2 unspecified atom stereocenters. The van der Waals surface area contributed by atoms with Gasteiger partial charge in [0, 0.05) is 27.6 Å². The Morgan fingerprint density at radius 3 is 2.94 bits per heavy atom. The Kier molecular flexibility index (Phi) is 3.77. The summed E-state index contributed by atoms with van der Waals surface area (Å²) in [5, 5.41) is 4.42. The lowest BCUT2D eigenvalue weighted by molar-refractivity contribution is 0.541. The third-order valence-electron chi connectivity index (χ3n) is 3.02. The lowest BCUT2D eigenvalue weighted by Crippen LogP contribution is -2.20. The van der Waals surface area contributed by atoms with Gasteiger partial charge < -0.3 is 5.32 Å². The molecule has 88 valence electrons. The van der Waals surface area contributed by atoms with Gasteiger partial charge in [0.05, 0.1) is 0 Å². The van der Waals surface area contributed by atoms with Gasteiger partial charge in [-0.2, -0.15) is 11.8 Å². The first-order valence-electron chi connectivity index (χ1n) is 5.39. The molecule has 16 heavy (non-hydrogen) atoms. The number of hydrogen-bond acceptors (Lipinski definition) is 2. The van der Waals surface area contributed by atoms with Crippen LogP contribution in [-0.2, 0) is 5.75 Å². The van der Waals surface area contributed by atoms with Gasteiger partial charge in [-0.3, -0.25) is 0 Å². The smallest absolute Gasteiger partial charge is 0.127 e. The summed E-state index contributed by atoms with van der Waals surface area (Å²) in [5.74, 6) is 0.572. The molecular formula is C12H15ClFNS. The maximum absolute atomic E-state index is 13.8. The van der Waals surface area contributed by atoms with Crippen LogP contribution in [0.15, 0.2) is 12.1 Å². The zero-order valence-electron chi connectivity index (χ0n) is 9.39. The number of rotatable bonds is 1. The lowest BCUT2D eigenvalue weighted by atomic mass is 9.97. The third-order valence-corrected chi connectivity index (χ3v) is 4.57. The molecule has 0 aromatic heterocycles. The quantitative estimate of drug-likeness (QED) is 0.824. The summed E-state index contributed by atoms with van der Waals surface area (Å²) in [5.41, 5.74) is 1.71. The SMILES string of the molecule is CNC1CC(C)SCc2c(F)ccc(Cl)c21. The van der Waals surface area contributed by atoms with E-state index in [1.54, 1.807) is 17.8 Å². The van der Waals surface area contributed by atoms with Gasteiger partial charge >= 0.3 is 0 Å². The number of thioether (sulfide) groups is 1. The number of hydrogen-bond donors (Lipinski definition) is 1. The summed E-state index contributed by atoms with van der Waals surface area (Å²) < 4.78 is 13.8. The minimum absolute atomic E-state index is 0.138. The van der Waals surface area contributed by atoms with Crippen molar-refractivity contribution in [1.29, 1.82) is 0 Å². The molecule has 0 saturated carbocycles. The summed E-state index contributed by atoms with van der Waals surface area (Å²) in [6.45, 7) is 2.17. The molecular weight excluding hydrogens is 245 g/mol. The van der Waals surface area contributed by atoms with Gasteiger partial charge in [0.15, 0.2) is 0 Å². The highest BCUT2D eigenvalue weighted by Gasteiger charge is 2.25. The highest BCUT2D eigenvalue weighted by molar-refractivity contribution is 7.99. The van der Waals surface area contributed by atoms with Crippen LogP contribution in [0, 0.1) is 5.82 Å². The Balaban J connectivity index is 2.52. The predicted molar refractivity (Wildman–Crippen MR) is 68.6 cm³/mol. The first-order valence-corrected chi connectivity index (χ1v) is 6.81.